The van der Waals surface area contributed by atoms with Crippen LogP contribution in [0.4, 0.5) is 0 Å². The number of aryl methyl sites for hydroxylation is 1. The quantitative estimate of drug-likeness (QED) is 0.901. The minimum atomic E-state index is -0.877. The largest absolute Gasteiger partial charge is 0.481 e. The number of hydrogen-bond donors (Lipinski definition) is 2. The van der Waals surface area contributed by atoms with Crippen molar-refractivity contribution in [2.24, 2.45) is 5.73 Å². The molecule has 0 spiro atoms. The average molecular weight is 295 g/mol. The maximum atomic E-state index is 10.4. The van der Waals surface area contributed by atoms with Crippen LogP contribution in [0.3, 0.4) is 0 Å². The van der Waals surface area contributed by atoms with Gasteiger partial charge in [-0.25, -0.2) is 0 Å². The third-order valence-electron chi connectivity index (χ3n) is 2.00. The lowest BCUT2D eigenvalue weighted by atomic mass is 10.0. The highest BCUT2D eigenvalue weighted by molar-refractivity contribution is 9.10. The number of benzene rings is 1. The zero-order chi connectivity index (χ0) is 10.7. The lowest BCUT2D eigenvalue weighted by Crippen LogP contribution is -2.15. The van der Waals surface area contributed by atoms with Gasteiger partial charge in [0.25, 0.3) is 0 Å². The molecule has 1 aromatic carbocycles. The van der Waals surface area contributed by atoms with Gasteiger partial charge in [-0.2, -0.15) is 0 Å². The molecule has 0 aliphatic rings. The fraction of sp³-hybridized carbons (Fsp3) is 0.300. The van der Waals surface area contributed by atoms with E-state index in [-0.39, 0.29) is 18.8 Å². The molecular formula is C10H13BrClNO2. The number of carboxylic acid groups (broad SMARTS) is 1. The molecule has 3 nitrogen and oxygen atoms in total. The lowest BCUT2D eigenvalue weighted by Gasteiger charge is -2.10. The highest BCUT2D eigenvalue weighted by Gasteiger charge is 2.10. The zero-order valence-corrected chi connectivity index (χ0v) is 10.6. The first-order chi connectivity index (χ1) is 6.50. The molecule has 5 heteroatoms. The molecule has 0 fully saturated rings. The molecule has 0 radical (unpaired) electrons. The Balaban J connectivity index is 0.00000196. The molecule has 0 aromatic heterocycles. The molecule has 0 amide bonds. The summed E-state index contributed by atoms with van der Waals surface area (Å²) in [5.41, 5.74) is 7.63. The Morgan fingerprint density at radius 2 is 2.20 bits per heavy atom. The smallest absolute Gasteiger partial charge is 0.305 e. The first-order valence-electron chi connectivity index (χ1n) is 4.24. The first kappa shape index (κ1) is 14.4. The van der Waals surface area contributed by atoms with Gasteiger partial charge in [-0.1, -0.05) is 28.1 Å². The van der Waals surface area contributed by atoms with Crippen molar-refractivity contribution in [3.05, 3.63) is 33.8 Å². The van der Waals surface area contributed by atoms with Crippen LogP contribution >= 0.6 is 28.3 Å². The van der Waals surface area contributed by atoms with Gasteiger partial charge >= 0.3 is 5.97 Å². The van der Waals surface area contributed by atoms with Crippen LogP contribution in [0.25, 0.3) is 0 Å². The highest BCUT2D eigenvalue weighted by atomic mass is 79.9. The monoisotopic (exact) mass is 293 g/mol. The van der Waals surface area contributed by atoms with E-state index >= 15 is 0 Å². The van der Waals surface area contributed by atoms with Crippen molar-refractivity contribution >= 4 is 34.3 Å². The maximum Gasteiger partial charge on any atom is 0.305 e. The third kappa shape index (κ3) is 4.20. The summed E-state index contributed by atoms with van der Waals surface area (Å²) in [6.07, 6.45) is -0.0406. The molecule has 3 N–H and O–H groups in total. The number of aliphatic carboxylic acids is 1. The Bertz CT molecular complexity index is 357. The normalized spacial score (nSPS) is 11.7. The van der Waals surface area contributed by atoms with E-state index in [0.29, 0.717) is 0 Å². The van der Waals surface area contributed by atoms with Crippen molar-refractivity contribution in [3.63, 3.8) is 0 Å². The van der Waals surface area contributed by atoms with E-state index in [9.17, 15) is 4.79 Å². The maximum absolute atomic E-state index is 10.4. The number of nitrogens with two attached hydrogens (primary N) is 1. The van der Waals surface area contributed by atoms with E-state index in [4.69, 9.17) is 10.8 Å². The molecule has 0 unspecified atom stereocenters. The molecule has 0 aliphatic heterocycles. The van der Waals surface area contributed by atoms with Crippen LogP contribution in [0.1, 0.15) is 23.6 Å². The van der Waals surface area contributed by atoms with E-state index in [2.05, 4.69) is 15.9 Å². The van der Waals surface area contributed by atoms with Crippen molar-refractivity contribution < 1.29 is 9.90 Å². The van der Waals surface area contributed by atoms with Gasteiger partial charge in [0.2, 0.25) is 0 Å². The van der Waals surface area contributed by atoms with Gasteiger partial charge in [0.1, 0.15) is 0 Å². The SMILES string of the molecule is Cc1cc([C@@H](N)CC(=O)O)ccc1Br.Cl. The fourth-order valence-corrected chi connectivity index (χ4v) is 1.45. The standard InChI is InChI=1S/C10H12BrNO2.ClH/c1-6-4-7(2-3-8(6)11)9(12)5-10(13)14;/h2-4,9H,5,12H2,1H3,(H,13,14);1H/t9-;/m0./s1. The van der Waals surface area contributed by atoms with Crippen LogP contribution in [0.5, 0.6) is 0 Å². The number of carbonyl (C=O) groups is 1. The summed E-state index contributed by atoms with van der Waals surface area (Å²) in [5, 5.41) is 8.58. The molecule has 0 aliphatic carbocycles. The summed E-state index contributed by atoms with van der Waals surface area (Å²) in [7, 11) is 0. The van der Waals surface area contributed by atoms with Crippen LogP contribution in [-0.2, 0) is 4.79 Å². The minimum absolute atomic E-state index is 0. The van der Waals surface area contributed by atoms with Crippen molar-refractivity contribution in [1.29, 1.82) is 0 Å². The molecule has 0 bridgehead atoms. The van der Waals surface area contributed by atoms with Crippen LogP contribution in [0, 0.1) is 6.92 Å². The minimum Gasteiger partial charge on any atom is -0.481 e. The number of halogens is 2. The van der Waals surface area contributed by atoms with Crippen LogP contribution in [-0.4, -0.2) is 11.1 Å². The second kappa shape index (κ2) is 6.10. The van der Waals surface area contributed by atoms with Gasteiger partial charge in [0, 0.05) is 10.5 Å². The Labute approximate surface area is 103 Å². The second-order valence-corrected chi connectivity index (χ2v) is 4.07. The summed E-state index contributed by atoms with van der Waals surface area (Å²) >= 11 is 3.37. The molecule has 1 aromatic rings. The molecule has 0 saturated heterocycles. The zero-order valence-electron chi connectivity index (χ0n) is 8.24. The average Bonchev–Trinajstić information content (AvgIpc) is 2.08. The van der Waals surface area contributed by atoms with Gasteiger partial charge in [-0.3, -0.25) is 4.79 Å². The molecule has 0 saturated carbocycles. The van der Waals surface area contributed by atoms with Crippen LogP contribution in [0.2, 0.25) is 0 Å². The topological polar surface area (TPSA) is 63.3 Å². The van der Waals surface area contributed by atoms with Gasteiger partial charge in [0.05, 0.1) is 6.42 Å². The fourth-order valence-electron chi connectivity index (χ4n) is 1.20. The van der Waals surface area contributed by atoms with Crippen molar-refractivity contribution in [1.82, 2.24) is 0 Å². The Morgan fingerprint density at radius 1 is 1.60 bits per heavy atom. The Hall–Kier alpha value is -0.580. The van der Waals surface area contributed by atoms with Crippen molar-refractivity contribution in [2.75, 3.05) is 0 Å². The summed E-state index contributed by atoms with van der Waals surface area (Å²) in [6, 6.07) is 5.19. The number of hydrogen-bond acceptors (Lipinski definition) is 2. The molecule has 1 rings (SSSR count). The molecule has 0 heterocycles. The van der Waals surface area contributed by atoms with E-state index in [1.165, 1.54) is 0 Å². The van der Waals surface area contributed by atoms with E-state index in [1.807, 2.05) is 25.1 Å². The summed E-state index contributed by atoms with van der Waals surface area (Å²) in [4.78, 5) is 10.4. The molecule has 1 atom stereocenters. The van der Waals surface area contributed by atoms with E-state index < -0.39 is 12.0 Å². The third-order valence-corrected chi connectivity index (χ3v) is 2.89. The Kier molecular flexibility index (Phi) is 5.87. The second-order valence-electron chi connectivity index (χ2n) is 3.21. The van der Waals surface area contributed by atoms with Crippen molar-refractivity contribution in [3.8, 4) is 0 Å². The van der Waals surface area contributed by atoms with E-state index in [0.717, 1.165) is 15.6 Å². The van der Waals surface area contributed by atoms with Gasteiger partial charge in [-0.15, -0.1) is 12.4 Å². The highest BCUT2D eigenvalue weighted by Crippen LogP contribution is 2.21. The number of carboxylic acids is 1. The predicted octanol–water partition coefficient (Wildman–Crippen LogP) is 2.65. The van der Waals surface area contributed by atoms with Gasteiger partial charge < -0.3 is 10.8 Å². The summed E-state index contributed by atoms with van der Waals surface area (Å²) < 4.78 is 1.00. The van der Waals surface area contributed by atoms with E-state index in [1.54, 1.807) is 0 Å². The number of rotatable bonds is 3. The van der Waals surface area contributed by atoms with Crippen LogP contribution < -0.4 is 5.73 Å². The molecule has 84 valence electrons. The predicted molar refractivity (Wildman–Crippen MR) is 65.3 cm³/mol. The Morgan fingerprint density at radius 3 is 2.67 bits per heavy atom. The summed E-state index contributed by atoms with van der Waals surface area (Å²) in [5.74, 6) is -0.877. The van der Waals surface area contributed by atoms with Gasteiger partial charge in [-0.05, 0) is 24.1 Å². The van der Waals surface area contributed by atoms with Gasteiger partial charge in [0.15, 0.2) is 0 Å². The van der Waals surface area contributed by atoms with Crippen molar-refractivity contribution in [2.45, 2.75) is 19.4 Å². The lowest BCUT2D eigenvalue weighted by molar-refractivity contribution is -0.137. The first-order valence-corrected chi connectivity index (χ1v) is 5.03. The molecule has 15 heavy (non-hydrogen) atoms. The van der Waals surface area contributed by atoms with Crippen LogP contribution in [0.15, 0.2) is 22.7 Å². The molecular weight excluding hydrogens is 281 g/mol. The summed E-state index contributed by atoms with van der Waals surface area (Å²) in [6.45, 7) is 1.95.